The Morgan fingerprint density at radius 1 is 1.47 bits per heavy atom. The van der Waals surface area contributed by atoms with E-state index in [1.165, 1.54) is 25.5 Å². The van der Waals surface area contributed by atoms with Crippen molar-refractivity contribution in [3.8, 4) is 0 Å². The molecule has 0 aromatic carbocycles. The van der Waals surface area contributed by atoms with Gasteiger partial charge < -0.3 is 4.90 Å². The van der Waals surface area contributed by atoms with Gasteiger partial charge in [-0.25, -0.2) is 18.1 Å². The van der Waals surface area contributed by atoms with E-state index < -0.39 is 10.0 Å². The van der Waals surface area contributed by atoms with Gasteiger partial charge in [-0.3, -0.25) is 0 Å². The maximum Gasteiger partial charge on any atom is 0.251 e. The lowest BCUT2D eigenvalue weighted by Crippen LogP contribution is -2.43. The van der Waals surface area contributed by atoms with Crippen molar-refractivity contribution in [2.75, 3.05) is 19.6 Å². The van der Waals surface area contributed by atoms with Gasteiger partial charge in [-0.2, -0.15) is 0 Å². The SMILES string of the molecule is CC(CN1CCCCC1)NS(=O)(=O)c1cnc(Cl)s1. The molecular weight excluding hydrogens is 306 g/mol. The first kappa shape index (κ1) is 15.2. The molecule has 1 fully saturated rings. The van der Waals surface area contributed by atoms with Crippen LogP contribution < -0.4 is 4.72 Å². The predicted molar refractivity (Wildman–Crippen MR) is 77.2 cm³/mol. The molecule has 1 saturated heterocycles. The molecule has 2 heterocycles. The third-order valence-electron chi connectivity index (χ3n) is 3.06. The number of hydrogen-bond donors (Lipinski definition) is 1. The van der Waals surface area contributed by atoms with Crippen molar-refractivity contribution in [2.24, 2.45) is 0 Å². The van der Waals surface area contributed by atoms with E-state index in [4.69, 9.17) is 11.6 Å². The zero-order valence-corrected chi connectivity index (χ0v) is 13.2. The van der Waals surface area contributed by atoms with Crippen LogP contribution in [0.3, 0.4) is 0 Å². The summed E-state index contributed by atoms with van der Waals surface area (Å²) in [4.78, 5) is 6.06. The normalized spacial score (nSPS) is 19.5. The zero-order chi connectivity index (χ0) is 13.9. The van der Waals surface area contributed by atoms with Gasteiger partial charge in [0.25, 0.3) is 10.0 Å². The number of nitrogens with zero attached hydrogens (tertiary/aromatic N) is 2. The Hall–Kier alpha value is -0.210. The van der Waals surface area contributed by atoms with Crippen LogP contribution in [0.1, 0.15) is 26.2 Å². The molecule has 19 heavy (non-hydrogen) atoms. The number of nitrogens with one attached hydrogen (secondary N) is 1. The summed E-state index contributed by atoms with van der Waals surface area (Å²) in [7, 11) is -3.49. The molecule has 1 aromatic rings. The first-order chi connectivity index (χ1) is 8.97. The highest BCUT2D eigenvalue weighted by Gasteiger charge is 2.22. The van der Waals surface area contributed by atoms with Gasteiger partial charge in [-0.1, -0.05) is 29.4 Å². The summed E-state index contributed by atoms with van der Waals surface area (Å²) < 4.78 is 27.2. The molecule has 1 atom stereocenters. The van der Waals surface area contributed by atoms with Crippen LogP contribution in [0, 0.1) is 0 Å². The Bertz CT molecular complexity index is 512. The van der Waals surface area contributed by atoms with Crippen LogP contribution in [0.2, 0.25) is 4.47 Å². The second-order valence-corrected chi connectivity index (χ2v) is 8.37. The van der Waals surface area contributed by atoms with Crippen molar-refractivity contribution >= 4 is 33.0 Å². The highest BCUT2D eigenvalue weighted by Crippen LogP contribution is 2.22. The maximum atomic E-state index is 12.1. The molecule has 0 spiro atoms. The topological polar surface area (TPSA) is 62.3 Å². The molecule has 5 nitrogen and oxygen atoms in total. The monoisotopic (exact) mass is 323 g/mol. The van der Waals surface area contributed by atoms with Gasteiger partial charge in [0.1, 0.15) is 0 Å². The fourth-order valence-corrected chi connectivity index (χ4v) is 4.80. The number of rotatable bonds is 5. The molecule has 0 aliphatic carbocycles. The van der Waals surface area contributed by atoms with Crippen LogP contribution in [-0.2, 0) is 10.0 Å². The highest BCUT2D eigenvalue weighted by atomic mass is 35.5. The molecule has 8 heteroatoms. The predicted octanol–water partition coefficient (Wildman–Crippen LogP) is 1.95. The van der Waals surface area contributed by atoms with Crippen molar-refractivity contribution in [3.05, 3.63) is 10.7 Å². The Kier molecular flexibility index (Phi) is 5.19. The molecular formula is C11H18ClN3O2S2. The number of piperidine rings is 1. The standard InChI is InChI=1S/C11H18ClN3O2S2/c1-9(8-15-5-3-2-4-6-15)14-19(16,17)10-7-13-11(12)18-10/h7,9,14H,2-6,8H2,1H3. The van der Waals surface area contributed by atoms with E-state index in [1.54, 1.807) is 0 Å². The van der Waals surface area contributed by atoms with Gasteiger partial charge in [-0.05, 0) is 32.9 Å². The lowest BCUT2D eigenvalue weighted by molar-refractivity contribution is 0.215. The summed E-state index contributed by atoms with van der Waals surface area (Å²) in [6.45, 7) is 4.73. The van der Waals surface area contributed by atoms with E-state index in [0.717, 1.165) is 31.0 Å². The lowest BCUT2D eigenvalue weighted by atomic mass is 10.1. The number of halogens is 1. The summed E-state index contributed by atoms with van der Waals surface area (Å²) in [5.74, 6) is 0. The number of likely N-dealkylation sites (tertiary alicyclic amines) is 1. The average Bonchev–Trinajstić information content (AvgIpc) is 2.77. The first-order valence-corrected chi connectivity index (χ1v) is 9.01. The van der Waals surface area contributed by atoms with Gasteiger partial charge in [-0.15, -0.1) is 0 Å². The Morgan fingerprint density at radius 2 is 2.16 bits per heavy atom. The molecule has 1 aliphatic rings. The van der Waals surface area contributed by atoms with Crippen molar-refractivity contribution < 1.29 is 8.42 Å². The summed E-state index contributed by atoms with van der Waals surface area (Å²) >= 11 is 6.64. The fraction of sp³-hybridized carbons (Fsp3) is 0.727. The van der Waals surface area contributed by atoms with Crippen molar-refractivity contribution in [3.63, 3.8) is 0 Å². The van der Waals surface area contributed by atoms with Gasteiger partial charge >= 0.3 is 0 Å². The molecule has 1 aliphatic heterocycles. The first-order valence-electron chi connectivity index (χ1n) is 6.33. The molecule has 0 radical (unpaired) electrons. The smallest absolute Gasteiger partial charge is 0.251 e. The minimum Gasteiger partial charge on any atom is -0.302 e. The lowest BCUT2D eigenvalue weighted by Gasteiger charge is -2.29. The minimum absolute atomic E-state index is 0.121. The summed E-state index contributed by atoms with van der Waals surface area (Å²) in [6.07, 6.45) is 4.97. The second kappa shape index (κ2) is 6.49. The van der Waals surface area contributed by atoms with Crippen molar-refractivity contribution in [1.29, 1.82) is 0 Å². The maximum absolute atomic E-state index is 12.1. The number of sulfonamides is 1. The van der Waals surface area contributed by atoms with Crippen LogP contribution >= 0.6 is 22.9 Å². The average molecular weight is 324 g/mol. The summed E-state index contributed by atoms with van der Waals surface area (Å²) in [5, 5.41) is 0. The summed E-state index contributed by atoms with van der Waals surface area (Å²) in [6, 6.07) is -0.121. The van der Waals surface area contributed by atoms with Crippen LogP contribution in [0.5, 0.6) is 0 Å². The van der Waals surface area contributed by atoms with E-state index >= 15 is 0 Å². The van der Waals surface area contributed by atoms with Crippen LogP contribution in [0.4, 0.5) is 0 Å². The van der Waals surface area contributed by atoms with E-state index in [1.807, 2.05) is 6.92 Å². The number of hydrogen-bond acceptors (Lipinski definition) is 5. The number of aromatic nitrogens is 1. The zero-order valence-electron chi connectivity index (χ0n) is 10.8. The summed E-state index contributed by atoms with van der Waals surface area (Å²) in [5.41, 5.74) is 0. The largest absolute Gasteiger partial charge is 0.302 e. The minimum atomic E-state index is -3.49. The Balaban J connectivity index is 1.92. The second-order valence-electron chi connectivity index (χ2n) is 4.82. The van der Waals surface area contributed by atoms with E-state index in [2.05, 4.69) is 14.6 Å². The Morgan fingerprint density at radius 3 is 2.74 bits per heavy atom. The molecule has 108 valence electrons. The van der Waals surface area contributed by atoms with Gasteiger partial charge in [0.05, 0.1) is 6.20 Å². The van der Waals surface area contributed by atoms with Crippen molar-refractivity contribution in [1.82, 2.24) is 14.6 Å². The van der Waals surface area contributed by atoms with E-state index in [9.17, 15) is 8.42 Å². The third kappa shape index (κ3) is 4.39. The highest BCUT2D eigenvalue weighted by molar-refractivity contribution is 7.91. The fourth-order valence-electron chi connectivity index (χ4n) is 2.25. The molecule has 0 saturated carbocycles. The van der Waals surface area contributed by atoms with E-state index in [-0.39, 0.29) is 14.7 Å². The van der Waals surface area contributed by atoms with Crippen LogP contribution in [0.25, 0.3) is 0 Å². The van der Waals surface area contributed by atoms with Crippen molar-refractivity contribution in [2.45, 2.75) is 36.4 Å². The third-order valence-corrected chi connectivity index (χ3v) is 6.22. The number of thiazole rings is 1. The Labute approximate surface area is 123 Å². The quantitative estimate of drug-likeness (QED) is 0.899. The molecule has 0 amide bonds. The van der Waals surface area contributed by atoms with Crippen LogP contribution in [0.15, 0.2) is 10.4 Å². The van der Waals surface area contributed by atoms with Gasteiger partial charge in [0.2, 0.25) is 0 Å². The molecule has 1 N–H and O–H groups in total. The molecule has 1 aromatic heterocycles. The van der Waals surface area contributed by atoms with E-state index in [0.29, 0.717) is 0 Å². The molecule has 0 bridgehead atoms. The van der Waals surface area contributed by atoms with Gasteiger partial charge in [0.15, 0.2) is 8.68 Å². The van der Waals surface area contributed by atoms with Crippen LogP contribution in [-0.4, -0.2) is 44.0 Å². The van der Waals surface area contributed by atoms with Gasteiger partial charge in [0, 0.05) is 12.6 Å². The molecule has 2 rings (SSSR count). The molecule has 1 unspecified atom stereocenters.